The monoisotopic (exact) mass is 867 g/mol. The Labute approximate surface area is 357 Å². The van der Waals surface area contributed by atoms with Crippen molar-refractivity contribution >= 4 is 11.7 Å². The van der Waals surface area contributed by atoms with Gasteiger partial charge in [-0.25, -0.2) is 0 Å². The van der Waals surface area contributed by atoms with Crippen LogP contribution in [0.3, 0.4) is 0 Å². The van der Waals surface area contributed by atoms with Crippen molar-refractivity contribution in [2.75, 3.05) is 55.1 Å². The van der Waals surface area contributed by atoms with Gasteiger partial charge < -0.3 is 77.9 Å². The molecule has 3 aliphatic rings. The molecule has 3 aliphatic heterocycles. The molecule has 0 spiro atoms. The van der Waals surface area contributed by atoms with Crippen LogP contribution < -0.4 is 0 Å². The van der Waals surface area contributed by atoms with Gasteiger partial charge in [-0.3, -0.25) is 4.79 Å². The van der Waals surface area contributed by atoms with Gasteiger partial charge >= 0.3 is 5.97 Å². The molecule has 3 saturated heterocycles. The third-order valence-electron chi connectivity index (χ3n) is 12.8. The van der Waals surface area contributed by atoms with Gasteiger partial charge in [0, 0.05) is 44.4 Å². The first-order valence-electron chi connectivity index (χ1n) is 21.3. The van der Waals surface area contributed by atoms with Crippen LogP contribution in [0.5, 0.6) is 0 Å². The van der Waals surface area contributed by atoms with Crippen LogP contribution in [-0.2, 0) is 52.3 Å². The van der Waals surface area contributed by atoms with Crippen molar-refractivity contribution in [2.45, 2.75) is 179 Å². The Hall–Kier alpha value is -1.62. The van der Waals surface area contributed by atoms with E-state index in [1.54, 1.807) is 62.5 Å². The van der Waals surface area contributed by atoms with E-state index in [9.17, 15) is 30.3 Å². The van der Waals surface area contributed by atoms with Crippen molar-refractivity contribution < 1.29 is 77.8 Å². The van der Waals surface area contributed by atoms with Gasteiger partial charge in [-0.2, -0.15) is 0 Å². The molecule has 0 aromatic carbocycles. The number of ether oxygens (including phenoxy) is 9. The quantitative estimate of drug-likeness (QED) is 0.0688. The fraction of sp³-hybridized carbons (Fsp3) is 0.952. The standard InChI is InChI=1S/C42H78N2O16/c1-15-30-42(10,50)35(46)25(4)32(43-55-22-54-21-53-17-16-51-13)23(2)19-40(8,49)37(60-39-33(45)29(44(11)12)18-24(3)56-39)26(5)34(27(6)38(48)58-30)59-31-20-41(9,52-14)36(47)28(7)57-31/h23-31,33-37,39,45-47,49-50H,15-22H2,1-14H3/b43-32+/t23-,24?,25-,26+,27+,28?,29?,30-,31?,33?,34+,35+,36?,37-,39?,40+,41?,42?/m0/s1. The Bertz CT molecular complexity index is 1340. The minimum atomic E-state index is -1.98. The molecule has 18 heteroatoms. The van der Waals surface area contributed by atoms with E-state index < -0.39 is 102 Å². The molecule has 3 fully saturated rings. The predicted octanol–water partition coefficient (Wildman–Crippen LogP) is 2.18. The number of carbonyl (C=O) groups excluding carboxylic acids is 1. The molecule has 352 valence electrons. The Morgan fingerprint density at radius 2 is 1.53 bits per heavy atom. The molecule has 9 unspecified atom stereocenters. The van der Waals surface area contributed by atoms with E-state index in [2.05, 4.69) is 5.16 Å². The maximum absolute atomic E-state index is 14.4. The summed E-state index contributed by atoms with van der Waals surface area (Å²) in [6, 6.07) is -0.336. The summed E-state index contributed by atoms with van der Waals surface area (Å²) in [5.74, 6) is -4.22. The fourth-order valence-electron chi connectivity index (χ4n) is 9.03. The summed E-state index contributed by atoms with van der Waals surface area (Å²) in [6.45, 7) is 17.2. The predicted molar refractivity (Wildman–Crippen MR) is 218 cm³/mol. The highest BCUT2D eigenvalue weighted by Gasteiger charge is 2.53. The third kappa shape index (κ3) is 13.0. The fourth-order valence-corrected chi connectivity index (χ4v) is 9.03. The summed E-state index contributed by atoms with van der Waals surface area (Å²) in [6.07, 6.45) is -9.64. The molecule has 3 heterocycles. The van der Waals surface area contributed by atoms with Gasteiger partial charge in [-0.05, 0) is 74.9 Å². The minimum absolute atomic E-state index is 0.0481. The van der Waals surface area contributed by atoms with E-state index in [1.807, 2.05) is 25.9 Å². The first-order chi connectivity index (χ1) is 28.0. The molecule has 5 N–H and O–H groups in total. The van der Waals surface area contributed by atoms with Crippen LogP contribution in [0.15, 0.2) is 5.16 Å². The second kappa shape index (κ2) is 22.8. The lowest BCUT2D eigenvalue weighted by Crippen LogP contribution is -2.61. The number of cyclic esters (lactones) is 1. The van der Waals surface area contributed by atoms with Crippen LogP contribution in [0.2, 0.25) is 0 Å². The molecule has 0 amide bonds. The maximum Gasteiger partial charge on any atom is 0.311 e. The summed E-state index contributed by atoms with van der Waals surface area (Å²) in [4.78, 5) is 21.8. The summed E-state index contributed by atoms with van der Waals surface area (Å²) >= 11 is 0. The summed E-state index contributed by atoms with van der Waals surface area (Å²) < 4.78 is 53.4. The Morgan fingerprint density at radius 1 is 0.867 bits per heavy atom. The second-order valence-corrected chi connectivity index (χ2v) is 18.1. The lowest BCUT2D eigenvalue weighted by atomic mass is 9.73. The number of aliphatic hydroxyl groups excluding tert-OH is 3. The number of aliphatic hydroxyl groups is 5. The molecule has 18 atom stereocenters. The van der Waals surface area contributed by atoms with Crippen molar-refractivity contribution in [2.24, 2.45) is 28.8 Å². The topological polar surface area (TPSA) is 226 Å². The van der Waals surface area contributed by atoms with Gasteiger partial charge in [-0.1, -0.05) is 32.9 Å². The summed E-state index contributed by atoms with van der Waals surface area (Å²) in [5, 5.41) is 63.7. The number of methoxy groups -OCH3 is 2. The molecular formula is C42H78N2O16. The number of carbonyl (C=O) groups is 1. The summed E-state index contributed by atoms with van der Waals surface area (Å²) in [5.41, 5.74) is -4.56. The lowest BCUT2D eigenvalue weighted by molar-refractivity contribution is -0.317. The van der Waals surface area contributed by atoms with Crippen molar-refractivity contribution in [1.82, 2.24) is 4.90 Å². The number of rotatable bonds is 15. The second-order valence-electron chi connectivity index (χ2n) is 18.1. The van der Waals surface area contributed by atoms with Crippen LogP contribution in [0.25, 0.3) is 0 Å². The molecular weight excluding hydrogens is 788 g/mol. The third-order valence-corrected chi connectivity index (χ3v) is 12.8. The van der Waals surface area contributed by atoms with Crippen molar-refractivity contribution in [1.29, 1.82) is 0 Å². The molecule has 0 aromatic heterocycles. The number of oxime groups is 1. The van der Waals surface area contributed by atoms with Gasteiger partial charge in [-0.15, -0.1) is 0 Å². The van der Waals surface area contributed by atoms with Crippen molar-refractivity contribution in [3.05, 3.63) is 0 Å². The van der Waals surface area contributed by atoms with Crippen LogP contribution in [0, 0.1) is 23.7 Å². The van der Waals surface area contributed by atoms with E-state index in [0.29, 0.717) is 19.6 Å². The number of hydrogen-bond donors (Lipinski definition) is 5. The molecule has 0 saturated carbocycles. The van der Waals surface area contributed by atoms with Crippen LogP contribution in [0.4, 0.5) is 0 Å². The van der Waals surface area contributed by atoms with E-state index in [4.69, 9.17) is 47.5 Å². The zero-order chi connectivity index (χ0) is 45.3. The van der Waals surface area contributed by atoms with Crippen LogP contribution >= 0.6 is 0 Å². The highest BCUT2D eigenvalue weighted by atomic mass is 16.8. The number of hydrogen-bond acceptors (Lipinski definition) is 18. The molecule has 3 rings (SSSR count). The number of esters is 1. The van der Waals surface area contributed by atoms with Gasteiger partial charge in [0.25, 0.3) is 0 Å². The Kier molecular flexibility index (Phi) is 20.1. The van der Waals surface area contributed by atoms with Gasteiger partial charge in [0.1, 0.15) is 23.9 Å². The Balaban J connectivity index is 2.18. The van der Waals surface area contributed by atoms with E-state index in [1.165, 1.54) is 14.0 Å². The molecule has 18 nitrogen and oxygen atoms in total. The lowest BCUT2D eigenvalue weighted by Gasteiger charge is -2.49. The molecule has 0 radical (unpaired) electrons. The highest BCUT2D eigenvalue weighted by Crippen LogP contribution is 2.41. The highest BCUT2D eigenvalue weighted by molar-refractivity contribution is 5.88. The van der Waals surface area contributed by atoms with Gasteiger partial charge in [0.15, 0.2) is 19.4 Å². The SMILES string of the molecule is CC[C@@H]1OC(=O)[C@H](C)[C@H](OC2CC(C)(OC)C(O)C(C)O2)[C@@H](C)[C@H](OC2OC(C)CC(N(C)C)C2O)[C@](C)(O)C[C@H](C)/C(=N\OCOCOCCOC)[C@H](C)[C@@H](O)C1(C)O. The molecule has 60 heavy (non-hydrogen) atoms. The molecule has 0 bridgehead atoms. The zero-order valence-electron chi connectivity index (χ0n) is 38.4. The van der Waals surface area contributed by atoms with Gasteiger partial charge in [0.05, 0.1) is 66.6 Å². The average molecular weight is 867 g/mol. The smallest absolute Gasteiger partial charge is 0.311 e. The molecule has 0 aromatic rings. The molecule has 0 aliphatic carbocycles. The Morgan fingerprint density at radius 3 is 2.13 bits per heavy atom. The van der Waals surface area contributed by atoms with Crippen molar-refractivity contribution in [3.63, 3.8) is 0 Å². The van der Waals surface area contributed by atoms with E-state index in [-0.39, 0.29) is 50.7 Å². The maximum atomic E-state index is 14.4. The normalized spacial score (nSPS) is 44.7. The first kappa shape index (κ1) is 52.7. The first-order valence-corrected chi connectivity index (χ1v) is 21.3. The summed E-state index contributed by atoms with van der Waals surface area (Å²) in [7, 11) is 6.76. The largest absolute Gasteiger partial charge is 0.459 e. The van der Waals surface area contributed by atoms with E-state index in [0.717, 1.165) is 0 Å². The van der Waals surface area contributed by atoms with E-state index >= 15 is 0 Å². The van der Waals surface area contributed by atoms with Crippen LogP contribution in [-0.4, -0.2) is 181 Å². The number of likely N-dealkylation sites (N-methyl/N-ethyl adjacent to an activating group) is 1. The number of nitrogens with zero attached hydrogens (tertiary/aromatic N) is 2. The zero-order valence-corrected chi connectivity index (χ0v) is 38.4. The van der Waals surface area contributed by atoms with Crippen molar-refractivity contribution in [3.8, 4) is 0 Å². The average Bonchev–Trinajstić information content (AvgIpc) is 3.18. The minimum Gasteiger partial charge on any atom is -0.459 e. The van der Waals surface area contributed by atoms with Crippen LogP contribution in [0.1, 0.15) is 94.9 Å². The van der Waals surface area contributed by atoms with Gasteiger partial charge in [0.2, 0.25) is 6.79 Å².